The summed E-state index contributed by atoms with van der Waals surface area (Å²) in [6, 6.07) is 10.2. The van der Waals surface area contributed by atoms with Crippen LogP contribution in [0.2, 0.25) is 0 Å². The van der Waals surface area contributed by atoms with E-state index in [9.17, 15) is 0 Å². The minimum Gasteiger partial charge on any atom is -0.309 e. The van der Waals surface area contributed by atoms with Crippen molar-refractivity contribution in [1.82, 2.24) is 5.32 Å². The average Bonchev–Trinajstić information content (AvgIpc) is 3.51. The first-order chi connectivity index (χ1) is 15.1. The molecule has 0 amide bonds. The van der Waals surface area contributed by atoms with Crippen LogP contribution in [0.1, 0.15) is 95.7 Å². The average molecular weight is 472 g/mol. The topological polar surface area (TPSA) is 12.0 Å². The van der Waals surface area contributed by atoms with E-state index in [0.717, 1.165) is 46.6 Å². The maximum atomic E-state index is 3.86. The van der Waals surface area contributed by atoms with E-state index < -0.39 is 0 Å². The Morgan fingerprint density at radius 2 is 1.45 bits per heavy atom. The fraction of sp³-hybridized carbons (Fsp3) is 0.704. The van der Waals surface area contributed by atoms with E-state index in [-0.39, 0.29) is 0 Å². The van der Waals surface area contributed by atoms with Crippen molar-refractivity contribution in [1.29, 1.82) is 0 Å². The molecule has 0 aromatic carbocycles. The van der Waals surface area contributed by atoms with Gasteiger partial charge >= 0.3 is 0 Å². The first-order valence-electron chi connectivity index (χ1n) is 12.7. The molecule has 8 atom stereocenters. The number of fused-ring (bicyclic) bond motifs is 3. The zero-order chi connectivity index (χ0) is 20.9. The lowest BCUT2D eigenvalue weighted by molar-refractivity contribution is 0.198. The summed E-state index contributed by atoms with van der Waals surface area (Å²) in [6.45, 7) is 5.85. The number of thioether (sulfide) groups is 1. The number of aryl methyl sites for hydroxylation is 1. The molecule has 31 heavy (non-hydrogen) atoms. The van der Waals surface area contributed by atoms with E-state index in [1.807, 2.05) is 11.3 Å². The highest BCUT2D eigenvalue weighted by Crippen LogP contribution is 2.58. The molecule has 1 nitrogen and oxygen atoms in total. The number of thiophene rings is 2. The molecule has 2 saturated carbocycles. The van der Waals surface area contributed by atoms with E-state index in [1.54, 1.807) is 9.75 Å². The summed E-state index contributed by atoms with van der Waals surface area (Å²) < 4.78 is 0. The van der Waals surface area contributed by atoms with E-state index in [4.69, 9.17) is 0 Å². The molecule has 4 heteroatoms. The molecule has 4 heterocycles. The van der Waals surface area contributed by atoms with Crippen molar-refractivity contribution in [3.63, 3.8) is 0 Å². The van der Waals surface area contributed by atoms with E-state index in [2.05, 4.69) is 66.5 Å². The fourth-order valence-corrected chi connectivity index (χ4v) is 11.7. The van der Waals surface area contributed by atoms with Gasteiger partial charge in [0, 0.05) is 48.5 Å². The SMILES string of the molecule is Cc1ccc(C2CCC(c3ccc(C4CCC5C(C4)SC4CC(C)CCC45)s3)CN2)s1. The van der Waals surface area contributed by atoms with E-state index in [1.165, 1.54) is 61.1 Å². The van der Waals surface area contributed by atoms with Gasteiger partial charge in [0.1, 0.15) is 0 Å². The molecule has 8 unspecified atom stereocenters. The first kappa shape index (κ1) is 21.3. The second-order valence-electron chi connectivity index (χ2n) is 10.9. The predicted octanol–water partition coefficient (Wildman–Crippen LogP) is 8.13. The zero-order valence-electron chi connectivity index (χ0n) is 19.0. The van der Waals surface area contributed by atoms with Gasteiger partial charge in [-0.15, -0.1) is 22.7 Å². The Hall–Kier alpha value is -0.290. The third-order valence-corrected chi connectivity index (χ3v) is 13.1. The minimum atomic E-state index is 0.579. The summed E-state index contributed by atoms with van der Waals surface area (Å²) in [5, 5.41) is 5.81. The highest BCUT2D eigenvalue weighted by Gasteiger charge is 2.48. The predicted molar refractivity (Wildman–Crippen MR) is 138 cm³/mol. The maximum absolute atomic E-state index is 3.86. The molecular formula is C27H37NS3. The van der Waals surface area contributed by atoms with Crippen LogP contribution < -0.4 is 5.32 Å². The maximum Gasteiger partial charge on any atom is 0.0415 e. The number of hydrogen-bond donors (Lipinski definition) is 1. The smallest absolute Gasteiger partial charge is 0.0415 e. The van der Waals surface area contributed by atoms with Crippen molar-refractivity contribution in [3.05, 3.63) is 43.8 Å². The lowest BCUT2D eigenvalue weighted by Gasteiger charge is -2.35. The molecule has 4 fully saturated rings. The van der Waals surface area contributed by atoms with Gasteiger partial charge in [0.05, 0.1) is 0 Å². The van der Waals surface area contributed by atoms with Crippen LogP contribution in [0.4, 0.5) is 0 Å². The van der Waals surface area contributed by atoms with Gasteiger partial charge < -0.3 is 5.32 Å². The van der Waals surface area contributed by atoms with Gasteiger partial charge in [0.2, 0.25) is 0 Å². The van der Waals surface area contributed by atoms with Gasteiger partial charge in [-0.05, 0) is 99.8 Å². The molecular weight excluding hydrogens is 435 g/mol. The second kappa shape index (κ2) is 8.81. The Bertz CT molecular complexity index is 892. The molecule has 0 radical (unpaired) electrons. The van der Waals surface area contributed by atoms with Crippen molar-refractivity contribution >= 4 is 34.4 Å². The van der Waals surface area contributed by atoms with Crippen LogP contribution in [0.25, 0.3) is 0 Å². The number of rotatable bonds is 3. The van der Waals surface area contributed by atoms with E-state index >= 15 is 0 Å². The molecule has 4 aliphatic rings. The number of nitrogens with one attached hydrogen (secondary N) is 1. The van der Waals surface area contributed by atoms with E-state index in [0.29, 0.717) is 6.04 Å². The highest BCUT2D eigenvalue weighted by molar-refractivity contribution is 8.00. The van der Waals surface area contributed by atoms with Gasteiger partial charge in [0.15, 0.2) is 0 Å². The van der Waals surface area contributed by atoms with Crippen LogP contribution in [-0.2, 0) is 0 Å². The molecule has 2 aromatic rings. The van der Waals surface area contributed by atoms with Gasteiger partial charge in [0.25, 0.3) is 0 Å². The molecule has 2 saturated heterocycles. The number of hydrogen-bond acceptors (Lipinski definition) is 4. The monoisotopic (exact) mass is 471 g/mol. The van der Waals surface area contributed by atoms with Crippen molar-refractivity contribution in [2.24, 2.45) is 17.8 Å². The standard InChI is InChI=1S/C27H37NS3/c1-16-3-7-20-21-8-5-18(14-27(21)31-26(20)13-16)23-11-12-24(30-23)19-6-9-22(28-15-19)25-10-4-17(2)29-25/h4,10-12,16,18-22,26-28H,3,5-9,13-15H2,1-2H3. The highest BCUT2D eigenvalue weighted by atomic mass is 32.2. The lowest BCUT2D eigenvalue weighted by atomic mass is 9.69. The largest absolute Gasteiger partial charge is 0.309 e. The Labute approximate surface area is 200 Å². The quantitative estimate of drug-likeness (QED) is 0.485. The van der Waals surface area contributed by atoms with Gasteiger partial charge in [-0.3, -0.25) is 0 Å². The van der Waals surface area contributed by atoms with Crippen molar-refractivity contribution in [3.8, 4) is 0 Å². The Morgan fingerprint density at radius 1 is 0.742 bits per heavy atom. The molecule has 168 valence electrons. The summed E-state index contributed by atoms with van der Waals surface area (Å²) in [5.41, 5.74) is 0. The zero-order valence-corrected chi connectivity index (χ0v) is 21.5. The van der Waals surface area contributed by atoms with Gasteiger partial charge in [-0.2, -0.15) is 11.8 Å². The normalized spacial score (nSPS) is 40.5. The summed E-state index contributed by atoms with van der Waals surface area (Å²) >= 11 is 6.54. The Morgan fingerprint density at radius 3 is 2.19 bits per heavy atom. The first-order valence-corrected chi connectivity index (χ1v) is 15.3. The summed E-state index contributed by atoms with van der Waals surface area (Å²) in [6.07, 6.45) is 11.5. The third-order valence-electron chi connectivity index (χ3n) is 8.82. The summed E-state index contributed by atoms with van der Waals surface area (Å²) in [4.78, 5) is 6.31. The van der Waals surface area contributed by atoms with Crippen LogP contribution in [0.3, 0.4) is 0 Å². The van der Waals surface area contributed by atoms with Gasteiger partial charge in [-0.25, -0.2) is 0 Å². The minimum absolute atomic E-state index is 0.579. The molecule has 2 aliphatic heterocycles. The molecule has 2 aliphatic carbocycles. The van der Waals surface area contributed by atoms with Crippen LogP contribution in [0, 0.1) is 24.7 Å². The molecule has 1 N–H and O–H groups in total. The van der Waals surface area contributed by atoms with Crippen LogP contribution >= 0.6 is 34.4 Å². The van der Waals surface area contributed by atoms with Crippen molar-refractivity contribution in [2.75, 3.05) is 6.54 Å². The second-order valence-corrected chi connectivity index (χ2v) is 14.8. The summed E-state index contributed by atoms with van der Waals surface area (Å²) in [7, 11) is 0. The number of piperidine rings is 1. The molecule has 0 spiro atoms. The lowest BCUT2D eigenvalue weighted by Crippen LogP contribution is -2.31. The van der Waals surface area contributed by atoms with Crippen LogP contribution in [-0.4, -0.2) is 17.0 Å². The molecule has 2 aromatic heterocycles. The van der Waals surface area contributed by atoms with Crippen LogP contribution in [0.15, 0.2) is 24.3 Å². The molecule has 6 rings (SSSR count). The fourth-order valence-electron chi connectivity index (χ4n) is 7.07. The van der Waals surface area contributed by atoms with Crippen molar-refractivity contribution in [2.45, 2.75) is 93.6 Å². The van der Waals surface area contributed by atoms with Crippen LogP contribution in [0.5, 0.6) is 0 Å². The van der Waals surface area contributed by atoms with Gasteiger partial charge in [-0.1, -0.05) is 13.3 Å². The third kappa shape index (κ3) is 4.20. The Kier molecular flexibility index (Phi) is 6.04. The van der Waals surface area contributed by atoms with Crippen molar-refractivity contribution < 1.29 is 0 Å². The Balaban J connectivity index is 1.07. The molecule has 0 bridgehead atoms. The summed E-state index contributed by atoms with van der Waals surface area (Å²) in [5.74, 6) is 4.62.